The SMILES string of the molecule is COc1cccc(CN(CC(=O)O)S(=O)(=O)c2ccc3c(Cl)cnc(N=C(N)N)c3c2)c1. The first-order valence-electron chi connectivity index (χ1n) is 9.14. The normalized spacial score (nSPS) is 11.5. The van der Waals surface area contributed by atoms with Gasteiger partial charge in [0.1, 0.15) is 12.3 Å². The number of fused-ring (bicyclic) bond motifs is 1. The van der Waals surface area contributed by atoms with Crippen LogP contribution in [0.5, 0.6) is 5.75 Å². The summed E-state index contributed by atoms with van der Waals surface area (Å²) in [7, 11) is -2.75. The minimum Gasteiger partial charge on any atom is -0.497 e. The molecule has 0 saturated carbocycles. The summed E-state index contributed by atoms with van der Waals surface area (Å²) in [6, 6.07) is 10.8. The van der Waals surface area contributed by atoms with Gasteiger partial charge in [-0.2, -0.15) is 9.30 Å². The molecule has 2 aromatic carbocycles. The number of hydrogen-bond donors (Lipinski definition) is 3. The lowest BCUT2D eigenvalue weighted by Crippen LogP contribution is -2.35. The molecule has 0 spiro atoms. The number of nitrogens with zero attached hydrogens (tertiary/aromatic N) is 3. The average molecular weight is 478 g/mol. The van der Waals surface area contributed by atoms with Crippen LogP contribution < -0.4 is 16.2 Å². The number of rotatable bonds is 8. The number of aliphatic carboxylic acids is 1. The molecule has 5 N–H and O–H groups in total. The highest BCUT2D eigenvalue weighted by Gasteiger charge is 2.28. The molecule has 0 fully saturated rings. The van der Waals surface area contributed by atoms with Crippen LogP contribution in [0.4, 0.5) is 5.82 Å². The topological polar surface area (TPSA) is 161 Å². The van der Waals surface area contributed by atoms with Crippen molar-refractivity contribution in [3.8, 4) is 5.75 Å². The number of aromatic nitrogens is 1. The maximum absolute atomic E-state index is 13.4. The second-order valence-electron chi connectivity index (χ2n) is 6.69. The average Bonchev–Trinajstić information content (AvgIpc) is 2.74. The predicted molar refractivity (Wildman–Crippen MR) is 120 cm³/mol. The van der Waals surface area contributed by atoms with E-state index in [0.717, 1.165) is 4.31 Å². The molecule has 10 nitrogen and oxygen atoms in total. The molecule has 0 amide bonds. The second kappa shape index (κ2) is 9.39. The molecule has 3 rings (SSSR count). The molecule has 0 bridgehead atoms. The first kappa shape index (κ1) is 23.3. The summed E-state index contributed by atoms with van der Waals surface area (Å²) in [5.41, 5.74) is 11.4. The van der Waals surface area contributed by atoms with Gasteiger partial charge < -0.3 is 21.3 Å². The molecule has 0 aliphatic carbocycles. The molecular formula is C20H20ClN5O5S. The lowest BCUT2D eigenvalue weighted by molar-refractivity contribution is -0.137. The summed E-state index contributed by atoms with van der Waals surface area (Å²) in [6.45, 7) is -0.926. The Hall–Kier alpha value is -3.41. The molecule has 0 atom stereocenters. The van der Waals surface area contributed by atoms with Gasteiger partial charge in [-0.25, -0.2) is 13.4 Å². The third-order valence-corrected chi connectivity index (χ3v) is 6.56. The monoisotopic (exact) mass is 477 g/mol. The lowest BCUT2D eigenvalue weighted by atomic mass is 10.1. The summed E-state index contributed by atoms with van der Waals surface area (Å²) >= 11 is 6.18. The Bertz CT molecular complexity index is 1310. The van der Waals surface area contributed by atoms with Gasteiger partial charge >= 0.3 is 5.97 Å². The van der Waals surface area contributed by atoms with Crippen molar-refractivity contribution in [3.05, 3.63) is 59.2 Å². The highest BCUT2D eigenvalue weighted by Crippen LogP contribution is 2.32. The second-order valence-corrected chi connectivity index (χ2v) is 9.04. The van der Waals surface area contributed by atoms with Gasteiger partial charge in [-0.3, -0.25) is 4.79 Å². The zero-order valence-corrected chi connectivity index (χ0v) is 18.5. The summed E-state index contributed by atoms with van der Waals surface area (Å²) in [5.74, 6) is -0.967. The number of aliphatic imine (C=N–C) groups is 1. The van der Waals surface area contributed by atoms with Crippen LogP contribution in [0.3, 0.4) is 0 Å². The van der Waals surface area contributed by atoms with Crippen LogP contribution in [0.25, 0.3) is 10.8 Å². The van der Waals surface area contributed by atoms with Crippen molar-refractivity contribution in [2.24, 2.45) is 16.5 Å². The highest BCUT2D eigenvalue weighted by molar-refractivity contribution is 7.89. The molecule has 0 aliphatic heterocycles. The molecule has 1 heterocycles. The molecule has 0 saturated heterocycles. The quantitative estimate of drug-likeness (QED) is 0.328. The van der Waals surface area contributed by atoms with Gasteiger partial charge in [0.05, 0.1) is 17.0 Å². The Morgan fingerprint density at radius 2 is 1.97 bits per heavy atom. The minimum absolute atomic E-state index is 0.0824. The molecule has 32 heavy (non-hydrogen) atoms. The van der Waals surface area contributed by atoms with E-state index < -0.39 is 22.5 Å². The number of pyridine rings is 1. The van der Waals surface area contributed by atoms with Crippen molar-refractivity contribution in [2.75, 3.05) is 13.7 Å². The van der Waals surface area contributed by atoms with Crippen LogP contribution in [0.2, 0.25) is 5.02 Å². The largest absolute Gasteiger partial charge is 0.497 e. The van der Waals surface area contributed by atoms with Crippen molar-refractivity contribution in [3.63, 3.8) is 0 Å². The number of carboxylic acid groups (broad SMARTS) is 1. The van der Waals surface area contributed by atoms with E-state index in [-0.39, 0.29) is 28.2 Å². The Morgan fingerprint density at radius 3 is 2.62 bits per heavy atom. The standard InChI is InChI=1S/C20H20ClN5O5S/c1-31-13-4-2-3-12(7-13)10-26(11-18(27)28)32(29,30)14-5-6-15-16(8-14)19(25-20(22)23)24-9-17(15)21/h2-9H,10-11H2,1H3,(H,27,28)(H4,22,23,24,25). The summed E-state index contributed by atoms with van der Waals surface area (Å²) < 4.78 is 32.8. The number of nitrogens with two attached hydrogens (primary N) is 2. The van der Waals surface area contributed by atoms with Gasteiger partial charge in [-0.1, -0.05) is 29.8 Å². The van der Waals surface area contributed by atoms with E-state index in [2.05, 4.69) is 9.98 Å². The lowest BCUT2D eigenvalue weighted by Gasteiger charge is -2.21. The molecule has 0 aliphatic rings. The van der Waals surface area contributed by atoms with Crippen molar-refractivity contribution in [2.45, 2.75) is 11.4 Å². The molecule has 0 radical (unpaired) electrons. The van der Waals surface area contributed by atoms with Crippen molar-refractivity contribution in [1.82, 2.24) is 9.29 Å². The molecule has 0 unspecified atom stereocenters. The third-order valence-electron chi connectivity index (χ3n) is 4.47. The van der Waals surface area contributed by atoms with Crippen molar-refractivity contribution >= 4 is 50.1 Å². The van der Waals surface area contributed by atoms with E-state index in [1.807, 2.05) is 0 Å². The summed E-state index contributed by atoms with van der Waals surface area (Å²) in [6.07, 6.45) is 1.35. The number of carbonyl (C=O) groups is 1. The van der Waals surface area contributed by atoms with E-state index in [0.29, 0.717) is 22.1 Å². The van der Waals surface area contributed by atoms with E-state index >= 15 is 0 Å². The van der Waals surface area contributed by atoms with Crippen molar-refractivity contribution in [1.29, 1.82) is 0 Å². The van der Waals surface area contributed by atoms with Gasteiger partial charge in [0.15, 0.2) is 11.8 Å². The van der Waals surface area contributed by atoms with Crippen LogP contribution in [0, 0.1) is 0 Å². The van der Waals surface area contributed by atoms with E-state index in [9.17, 15) is 18.3 Å². The van der Waals surface area contributed by atoms with Crippen molar-refractivity contribution < 1.29 is 23.1 Å². The van der Waals surface area contributed by atoms with Crippen LogP contribution in [0.15, 0.2) is 58.5 Å². The first-order valence-corrected chi connectivity index (χ1v) is 11.0. The van der Waals surface area contributed by atoms with Crippen LogP contribution in [0.1, 0.15) is 5.56 Å². The van der Waals surface area contributed by atoms with Gasteiger partial charge in [-0.05, 0) is 29.8 Å². The van der Waals surface area contributed by atoms with Gasteiger partial charge in [0.25, 0.3) is 0 Å². The Labute approximate surface area is 189 Å². The van der Waals surface area contributed by atoms with E-state index in [1.165, 1.54) is 31.5 Å². The molecular weight excluding hydrogens is 458 g/mol. The van der Waals surface area contributed by atoms with E-state index in [1.54, 1.807) is 24.3 Å². The first-order chi connectivity index (χ1) is 15.1. The van der Waals surface area contributed by atoms with Gasteiger partial charge in [0.2, 0.25) is 10.0 Å². The zero-order valence-electron chi connectivity index (χ0n) is 16.9. The fourth-order valence-corrected chi connectivity index (χ4v) is 4.66. The summed E-state index contributed by atoms with van der Waals surface area (Å²) in [4.78, 5) is 19.2. The smallest absolute Gasteiger partial charge is 0.318 e. The van der Waals surface area contributed by atoms with Crippen LogP contribution in [-0.4, -0.2) is 48.4 Å². The number of guanidine groups is 1. The van der Waals surface area contributed by atoms with Crippen LogP contribution in [-0.2, 0) is 21.4 Å². The Kier molecular flexibility index (Phi) is 6.82. The highest BCUT2D eigenvalue weighted by atomic mass is 35.5. The number of halogens is 1. The third kappa shape index (κ3) is 5.07. The van der Waals surface area contributed by atoms with Crippen LogP contribution >= 0.6 is 11.6 Å². The van der Waals surface area contributed by atoms with E-state index in [4.69, 9.17) is 27.8 Å². The number of hydrogen-bond acceptors (Lipinski definition) is 6. The predicted octanol–water partition coefficient (Wildman–Crippen LogP) is 2.08. The number of methoxy groups -OCH3 is 1. The number of ether oxygens (including phenoxy) is 1. The Morgan fingerprint density at radius 1 is 1.22 bits per heavy atom. The fourth-order valence-electron chi connectivity index (χ4n) is 3.05. The number of carboxylic acids is 1. The fraction of sp³-hybridized carbons (Fsp3) is 0.150. The maximum Gasteiger partial charge on any atom is 0.318 e. The summed E-state index contributed by atoms with van der Waals surface area (Å²) in [5, 5.41) is 10.4. The molecule has 12 heteroatoms. The Balaban J connectivity index is 2.11. The minimum atomic E-state index is -4.23. The number of sulfonamides is 1. The molecule has 3 aromatic rings. The van der Waals surface area contributed by atoms with Gasteiger partial charge in [-0.15, -0.1) is 0 Å². The number of benzene rings is 2. The zero-order chi connectivity index (χ0) is 23.5. The maximum atomic E-state index is 13.4. The van der Waals surface area contributed by atoms with Gasteiger partial charge in [0, 0.05) is 23.5 Å². The molecule has 1 aromatic heterocycles. The molecule has 168 valence electrons.